The fraction of sp³-hybridized carbons (Fsp3) is 0.500. The maximum Gasteiger partial charge on any atom is 0.416 e. The molecule has 19 heavy (non-hydrogen) atoms. The fourth-order valence-electron chi connectivity index (χ4n) is 2.76. The highest BCUT2D eigenvalue weighted by molar-refractivity contribution is 9.09. The highest BCUT2D eigenvalue weighted by Gasteiger charge is 2.45. The third kappa shape index (κ3) is 2.86. The number of benzene rings is 1. The molecule has 0 spiro atoms. The van der Waals surface area contributed by atoms with E-state index in [0.29, 0.717) is 12.8 Å². The van der Waals surface area contributed by atoms with Gasteiger partial charge in [0.15, 0.2) is 0 Å². The Kier molecular flexibility index (Phi) is 4.04. The van der Waals surface area contributed by atoms with Crippen LogP contribution in [0.2, 0.25) is 0 Å². The molecule has 1 saturated carbocycles. The molecule has 0 aromatic heterocycles. The normalized spacial score (nSPS) is 17.9. The molecule has 1 aromatic rings. The Morgan fingerprint density at radius 2 is 1.89 bits per heavy atom. The van der Waals surface area contributed by atoms with Gasteiger partial charge >= 0.3 is 6.18 Å². The maximum atomic E-state index is 13.1. The zero-order valence-corrected chi connectivity index (χ0v) is 11.9. The van der Waals surface area contributed by atoms with E-state index in [9.17, 15) is 18.0 Å². The second kappa shape index (κ2) is 5.27. The second-order valence-electron chi connectivity index (χ2n) is 5.03. The molecule has 1 fully saturated rings. The van der Waals surface area contributed by atoms with Crippen molar-refractivity contribution >= 4 is 21.7 Å². The minimum absolute atomic E-state index is 0.0447. The molecular weight excluding hydrogens is 321 g/mol. The molecule has 0 aliphatic heterocycles. The highest BCUT2D eigenvalue weighted by Crippen LogP contribution is 2.50. The molecule has 2 rings (SSSR count). The first-order chi connectivity index (χ1) is 8.89. The van der Waals surface area contributed by atoms with Gasteiger partial charge in [0.05, 0.1) is 10.9 Å². The molecule has 1 aliphatic rings. The molecule has 1 nitrogen and oxygen atoms in total. The van der Waals surface area contributed by atoms with Gasteiger partial charge in [0, 0.05) is 11.8 Å². The summed E-state index contributed by atoms with van der Waals surface area (Å²) < 4.78 is 39.2. The van der Waals surface area contributed by atoms with Crippen LogP contribution in [0.4, 0.5) is 13.2 Å². The van der Waals surface area contributed by atoms with Crippen molar-refractivity contribution in [3.05, 3.63) is 35.4 Å². The Bertz CT molecular complexity index is 478. The van der Waals surface area contributed by atoms with Gasteiger partial charge in [-0.05, 0) is 24.5 Å². The molecule has 0 heterocycles. The van der Waals surface area contributed by atoms with Crippen molar-refractivity contribution in [2.45, 2.75) is 37.3 Å². The zero-order valence-electron chi connectivity index (χ0n) is 10.3. The van der Waals surface area contributed by atoms with Gasteiger partial charge in [0.25, 0.3) is 0 Å². The number of rotatable bonds is 4. The number of hydrogen-bond acceptors (Lipinski definition) is 1. The summed E-state index contributed by atoms with van der Waals surface area (Å²) in [5.74, 6) is -0.0447. The van der Waals surface area contributed by atoms with Crippen molar-refractivity contribution in [3.63, 3.8) is 0 Å². The summed E-state index contributed by atoms with van der Waals surface area (Å²) in [4.78, 5) is 11.6. The molecule has 0 saturated heterocycles. The Morgan fingerprint density at radius 1 is 1.26 bits per heavy atom. The molecule has 5 heteroatoms. The van der Waals surface area contributed by atoms with Crippen LogP contribution in [0.25, 0.3) is 0 Å². The lowest BCUT2D eigenvalue weighted by Gasteiger charge is -2.43. The summed E-state index contributed by atoms with van der Waals surface area (Å²) in [7, 11) is 0. The van der Waals surface area contributed by atoms with Gasteiger partial charge in [-0.3, -0.25) is 4.79 Å². The summed E-state index contributed by atoms with van der Waals surface area (Å²) in [6.07, 6.45) is -2.00. The van der Waals surface area contributed by atoms with Crippen LogP contribution in [-0.2, 0) is 16.4 Å². The molecule has 0 bridgehead atoms. The smallest absolute Gasteiger partial charge is 0.299 e. The van der Waals surface area contributed by atoms with Crippen LogP contribution in [0.1, 0.15) is 36.8 Å². The lowest BCUT2D eigenvalue weighted by molar-refractivity contribution is -0.139. The second-order valence-corrected chi connectivity index (χ2v) is 5.59. The predicted octanol–water partition coefficient (Wildman–Crippen LogP) is 4.48. The number of carbonyl (C=O) groups is 1. The van der Waals surface area contributed by atoms with Gasteiger partial charge in [-0.2, -0.15) is 13.2 Å². The molecule has 0 unspecified atom stereocenters. The Hall–Kier alpha value is -0.840. The first-order valence-electron chi connectivity index (χ1n) is 6.13. The lowest BCUT2D eigenvalue weighted by Crippen LogP contribution is -2.38. The molecule has 0 atom stereocenters. The van der Waals surface area contributed by atoms with Crippen molar-refractivity contribution in [1.82, 2.24) is 0 Å². The number of alkyl halides is 4. The minimum atomic E-state index is -4.36. The van der Waals surface area contributed by atoms with Gasteiger partial charge in [-0.15, -0.1) is 0 Å². The van der Waals surface area contributed by atoms with E-state index < -0.39 is 17.2 Å². The van der Waals surface area contributed by atoms with Crippen LogP contribution in [-0.4, -0.2) is 11.1 Å². The summed E-state index contributed by atoms with van der Waals surface area (Å²) in [6, 6.07) is 5.63. The molecule has 0 N–H and O–H groups in total. The van der Waals surface area contributed by atoms with E-state index >= 15 is 0 Å². The van der Waals surface area contributed by atoms with Crippen LogP contribution >= 0.6 is 15.9 Å². The maximum absolute atomic E-state index is 13.1. The van der Waals surface area contributed by atoms with Crippen LogP contribution in [0.3, 0.4) is 0 Å². The fourth-order valence-corrected chi connectivity index (χ4v) is 2.96. The van der Waals surface area contributed by atoms with Gasteiger partial charge in [-0.1, -0.05) is 40.5 Å². The predicted molar refractivity (Wildman–Crippen MR) is 70.4 cm³/mol. The van der Waals surface area contributed by atoms with Crippen molar-refractivity contribution in [2.24, 2.45) is 0 Å². The summed E-state index contributed by atoms with van der Waals surface area (Å²) >= 11 is 3.08. The van der Waals surface area contributed by atoms with Crippen molar-refractivity contribution in [3.8, 4) is 0 Å². The molecular formula is C14H14BrF3O. The Morgan fingerprint density at radius 3 is 2.37 bits per heavy atom. The van der Waals surface area contributed by atoms with Gasteiger partial charge in [0.1, 0.15) is 5.78 Å². The van der Waals surface area contributed by atoms with Gasteiger partial charge in [0.2, 0.25) is 0 Å². The van der Waals surface area contributed by atoms with Crippen LogP contribution in [0, 0.1) is 0 Å². The van der Waals surface area contributed by atoms with Gasteiger partial charge in [-0.25, -0.2) is 0 Å². The summed E-state index contributed by atoms with van der Waals surface area (Å²) in [6.45, 7) is 0. The Labute approximate surface area is 118 Å². The van der Waals surface area contributed by atoms with Crippen molar-refractivity contribution in [1.29, 1.82) is 0 Å². The van der Waals surface area contributed by atoms with E-state index in [1.807, 2.05) is 0 Å². The van der Waals surface area contributed by atoms with E-state index in [2.05, 4.69) is 15.9 Å². The average Bonchev–Trinajstić information content (AvgIpc) is 2.32. The first kappa shape index (κ1) is 14.6. The third-order valence-electron chi connectivity index (χ3n) is 3.80. The van der Waals surface area contributed by atoms with E-state index in [4.69, 9.17) is 0 Å². The zero-order chi connectivity index (χ0) is 14.1. The monoisotopic (exact) mass is 334 g/mol. The molecule has 0 amide bonds. The SMILES string of the molecule is O=C(CBr)CC1(c2ccccc2C(F)(F)F)CCC1. The third-order valence-corrected chi connectivity index (χ3v) is 4.42. The largest absolute Gasteiger partial charge is 0.416 e. The number of hydrogen-bond donors (Lipinski definition) is 0. The molecule has 1 aromatic carbocycles. The van der Waals surface area contributed by atoms with E-state index in [0.717, 1.165) is 12.5 Å². The van der Waals surface area contributed by atoms with E-state index in [1.165, 1.54) is 12.1 Å². The number of carbonyl (C=O) groups excluding carboxylic acids is 1. The lowest BCUT2D eigenvalue weighted by atomic mass is 9.61. The van der Waals surface area contributed by atoms with Crippen LogP contribution in [0.15, 0.2) is 24.3 Å². The number of halogens is 4. The summed E-state index contributed by atoms with van der Waals surface area (Å²) in [5, 5.41) is 0.197. The topological polar surface area (TPSA) is 17.1 Å². The number of Topliss-reactive ketones (excluding diaryl/α,β-unsaturated/α-hetero) is 1. The number of ketones is 1. The van der Waals surface area contributed by atoms with E-state index in [-0.39, 0.29) is 23.1 Å². The van der Waals surface area contributed by atoms with Crippen LogP contribution < -0.4 is 0 Å². The van der Waals surface area contributed by atoms with Crippen LogP contribution in [0.5, 0.6) is 0 Å². The Balaban J connectivity index is 2.42. The standard InChI is InChI=1S/C14H14BrF3O/c15-9-10(19)8-13(6-3-7-13)11-4-1-2-5-12(11)14(16,17)18/h1-2,4-5H,3,6-9H2. The summed E-state index contributed by atoms with van der Waals surface area (Å²) in [5.41, 5.74) is -0.933. The molecule has 0 radical (unpaired) electrons. The quantitative estimate of drug-likeness (QED) is 0.742. The highest BCUT2D eigenvalue weighted by atomic mass is 79.9. The van der Waals surface area contributed by atoms with Crippen molar-refractivity contribution in [2.75, 3.05) is 5.33 Å². The molecule has 104 valence electrons. The average molecular weight is 335 g/mol. The van der Waals surface area contributed by atoms with Gasteiger partial charge < -0.3 is 0 Å². The van der Waals surface area contributed by atoms with Crippen molar-refractivity contribution < 1.29 is 18.0 Å². The molecule has 1 aliphatic carbocycles. The minimum Gasteiger partial charge on any atom is -0.299 e. The van der Waals surface area contributed by atoms with E-state index in [1.54, 1.807) is 6.07 Å². The first-order valence-corrected chi connectivity index (χ1v) is 7.25.